The highest BCUT2D eigenvalue weighted by Gasteiger charge is 2.31. The summed E-state index contributed by atoms with van der Waals surface area (Å²) in [5, 5.41) is 7.03. The van der Waals surface area contributed by atoms with Gasteiger partial charge in [0.15, 0.2) is 5.65 Å². The first-order valence-electron chi connectivity index (χ1n) is 7.02. The van der Waals surface area contributed by atoms with Crippen LogP contribution in [0.5, 0.6) is 0 Å². The fourth-order valence-electron chi connectivity index (χ4n) is 2.63. The van der Waals surface area contributed by atoms with E-state index in [1.54, 1.807) is 10.7 Å². The fourth-order valence-corrected chi connectivity index (χ4v) is 2.63. The van der Waals surface area contributed by atoms with Crippen molar-refractivity contribution in [3.8, 4) is 0 Å². The molecule has 2 atom stereocenters. The van der Waals surface area contributed by atoms with Crippen LogP contribution in [0.15, 0.2) is 24.4 Å². The van der Waals surface area contributed by atoms with Crippen LogP contribution in [0.2, 0.25) is 0 Å². The van der Waals surface area contributed by atoms with Gasteiger partial charge in [-0.2, -0.15) is 4.98 Å². The topological polar surface area (TPSA) is 68.5 Å². The molecule has 0 spiro atoms. The molecule has 1 aliphatic rings. The number of carbonyl (C=O) groups is 1. The monoisotopic (exact) mass is 274 g/mol. The number of nitrogens with one attached hydrogen (secondary N) is 1. The van der Waals surface area contributed by atoms with E-state index in [0.29, 0.717) is 5.95 Å². The van der Waals surface area contributed by atoms with Gasteiger partial charge in [0.05, 0.1) is 12.0 Å². The molecule has 106 valence electrons. The molecule has 0 bridgehead atoms. The standard InChI is InChI=1S/C14H18N4O2/c1-2-11-10(6-5-9-20-11)13(19)16-14-15-12-7-3-4-8-18(12)17-14/h3-4,7-8,10-11H,2,5-6,9H2,1H3,(H,16,17,19)/t10-,11+/m0/s1. The van der Waals surface area contributed by atoms with E-state index >= 15 is 0 Å². The van der Waals surface area contributed by atoms with Crippen LogP contribution in [-0.4, -0.2) is 33.2 Å². The lowest BCUT2D eigenvalue weighted by Crippen LogP contribution is -2.38. The minimum Gasteiger partial charge on any atom is -0.377 e. The SMILES string of the molecule is CC[C@H]1OCCC[C@@H]1C(=O)Nc1nc2ccccn2n1. The molecule has 1 fully saturated rings. The lowest BCUT2D eigenvalue weighted by molar-refractivity contribution is -0.129. The van der Waals surface area contributed by atoms with Gasteiger partial charge in [-0.1, -0.05) is 13.0 Å². The summed E-state index contributed by atoms with van der Waals surface area (Å²) in [7, 11) is 0. The number of rotatable bonds is 3. The summed E-state index contributed by atoms with van der Waals surface area (Å²) >= 11 is 0. The average molecular weight is 274 g/mol. The molecule has 0 saturated carbocycles. The number of pyridine rings is 1. The highest BCUT2D eigenvalue weighted by Crippen LogP contribution is 2.24. The Bertz CT molecular complexity index is 577. The maximum Gasteiger partial charge on any atom is 0.249 e. The molecular formula is C14H18N4O2. The zero-order chi connectivity index (χ0) is 13.9. The van der Waals surface area contributed by atoms with Crippen molar-refractivity contribution in [2.24, 2.45) is 5.92 Å². The van der Waals surface area contributed by atoms with Gasteiger partial charge < -0.3 is 4.74 Å². The molecule has 0 radical (unpaired) electrons. The second kappa shape index (κ2) is 5.58. The van der Waals surface area contributed by atoms with Crippen molar-refractivity contribution in [2.75, 3.05) is 11.9 Å². The molecule has 0 aliphatic carbocycles. The smallest absolute Gasteiger partial charge is 0.249 e. The molecule has 0 unspecified atom stereocenters. The zero-order valence-electron chi connectivity index (χ0n) is 11.5. The van der Waals surface area contributed by atoms with E-state index in [2.05, 4.69) is 15.4 Å². The van der Waals surface area contributed by atoms with Crippen molar-refractivity contribution in [2.45, 2.75) is 32.3 Å². The number of fused-ring (bicyclic) bond motifs is 1. The van der Waals surface area contributed by atoms with Gasteiger partial charge in [0.2, 0.25) is 11.9 Å². The molecule has 1 amide bonds. The van der Waals surface area contributed by atoms with Crippen LogP contribution < -0.4 is 5.32 Å². The van der Waals surface area contributed by atoms with Crippen LogP contribution in [0, 0.1) is 5.92 Å². The number of anilines is 1. The predicted molar refractivity (Wildman–Crippen MR) is 74.4 cm³/mol. The fraction of sp³-hybridized carbons (Fsp3) is 0.500. The van der Waals surface area contributed by atoms with Gasteiger partial charge in [-0.05, 0) is 31.4 Å². The van der Waals surface area contributed by atoms with E-state index in [-0.39, 0.29) is 17.9 Å². The lowest BCUT2D eigenvalue weighted by atomic mass is 9.92. The van der Waals surface area contributed by atoms with Crippen LogP contribution in [-0.2, 0) is 9.53 Å². The van der Waals surface area contributed by atoms with Gasteiger partial charge in [-0.15, -0.1) is 5.10 Å². The van der Waals surface area contributed by atoms with Crippen molar-refractivity contribution >= 4 is 17.5 Å². The number of ether oxygens (including phenoxy) is 1. The summed E-state index contributed by atoms with van der Waals surface area (Å²) in [6.45, 7) is 2.79. The Balaban J connectivity index is 1.74. The molecule has 20 heavy (non-hydrogen) atoms. The van der Waals surface area contributed by atoms with Gasteiger partial charge in [0.25, 0.3) is 0 Å². The molecule has 0 aromatic carbocycles. The Hall–Kier alpha value is -1.95. The van der Waals surface area contributed by atoms with E-state index in [9.17, 15) is 4.79 Å². The number of hydrogen-bond acceptors (Lipinski definition) is 4. The van der Waals surface area contributed by atoms with E-state index in [4.69, 9.17) is 4.74 Å². The Morgan fingerprint density at radius 2 is 2.45 bits per heavy atom. The molecule has 3 heterocycles. The second-order valence-corrected chi connectivity index (χ2v) is 4.99. The molecule has 3 rings (SSSR count). The van der Waals surface area contributed by atoms with Crippen LogP contribution in [0.1, 0.15) is 26.2 Å². The molecule has 1 N–H and O–H groups in total. The predicted octanol–water partition coefficient (Wildman–Crippen LogP) is 1.87. The van der Waals surface area contributed by atoms with Crippen LogP contribution in [0.3, 0.4) is 0 Å². The van der Waals surface area contributed by atoms with E-state index < -0.39 is 0 Å². The number of carbonyl (C=O) groups excluding carboxylic acids is 1. The largest absolute Gasteiger partial charge is 0.377 e. The summed E-state index contributed by atoms with van der Waals surface area (Å²) in [6.07, 6.45) is 4.43. The number of nitrogens with zero attached hydrogens (tertiary/aromatic N) is 3. The van der Waals surface area contributed by atoms with Gasteiger partial charge in [-0.3, -0.25) is 10.1 Å². The Morgan fingerprint density at radius 1 is 1.55 bits per heavy atom. The quantitative estimate of drug-likeness (QED) is 0.927. The van der Waals surface area contributed by atoms with Crippen molar-refractivity contribution in [1.29, 1.82) is 0 Å². The third-order valence-electron chi connectivity index (χ3n) is 3.66. The summed E-state index contributed by atoms with van der Waals surface area (Å²) in [5.74, 6) is 0.189. The van der Waals surface area contributed by atoms with Crippen LogP contribution >= 0.6 is 0 Å². The molecular weight excluding hydrogens is 256 g/mol. The number of amides is 1. The third-order valence-corrected chi connectivity index (χ3v) is 3.66. The van der Waals surface area contributed by atoms with E-state index in [1.807, 2.05) is 25.1 Å². The Labute approximate surface area is 117 Å². The minimum atomic E-state index is -0.111. The third kappa shape index (κ3) is 2.51. The summed E-state index contributed by atoms with van der Waals surface area (Å²) in [5.41, 5.74) is 0.717. The lowest BCUT2D eigenvalue weighted by Gasteiger charge is -2.29. The summed E-state index contributed by atoms with van der Waals surface area (Å²) in [6, 6.07) is 5.61. The highest BCUT2D eigenvalue weighted by molar-refractivity contribution is 5.91. The maximum absolute atomic E-state index is 12.3. The Kier molecular flexibility index (Phi) is 3.64. The van der Waals surface area contributed by atoms with Crippen LogP contribution in [0.4, 0.5) is 5.95 Å². The second-order valence-electron chi connectivity index (χ2n) is 4.99. The number of hydrogen-bond donors (Lipinski definition) is 1. The Morgan fingerprint density at radius 3 is 3.25 bits per heavy atom. The van der Waals surface area contributed by atoms with Gasteiger partial charge in [-0.25, -0.2) is 4.52 Å². The maximum atomic E-state index is 12.3. The normalized spacial score (nSPS) is 22.9. The van der Waals surface area contributed by atoms with Crippen molar-refractivity contribution < 1.29 is 9.53 Å². The molecule has 2 aromatic heterocycles. The van der Waals surface area contributed by atoms with Gasteiger partial charge >= 0.3 is 0 Å². The minimum absolute atomic E-state index is 0.000724. The first-order chi connectivity index (χ1) is 9.78. The van der Waals surface area contributed by atoms with Gasteiger partial charge in [0.1, 0.15) is 0 Å². The number of aromatic nitrogens is 3. The van der Waals surface area contributed by atoms with Crippen LogP contribution in [0.25, 0.3) is 5.65 Å². The zero-order valence-corrected chi connectivity index (χ0v) is 11.5. The first kappa shape index (κ1) is 13.1. The van der Waals surface area contributed by atoms with E-state index in [0.717, 1.165) is 31.5 Å². The summed E-state index contributed by atoms with van der Waals surface area (Å²) < 4.78 is 7.29. The van der Waals surface area contributed by atoms with Crippen molar-refractivity contribution in [3.05, 3.63) is 24.4 Å². The highest BCUT2D eigenvalue weighted by atomic mass is 16.5. The average Bonchev–Trinajstić information content (AvgIpc) is 2.89. The summed E-state index contributed by atoms with van der Waals surface area (Å²) in [4.78, 5) is 16.6. The molecule has 1 saturated heterocycles. The van der Waals surface area contributed by atoms with E-state index in [1.165, 1.54) is 0 Å². The molecule has 1 aliphatic heterocycles. The van der Waals surface area contributed by atoms with Crippen molar-refractivity contribution in [3.63, 3.8) is 0 Å². The molecule has 2 aromatic rings. The van der Waals surface area contributed by atoms with Gasteiger partial charge in [0, 0.05) is 12.8 Å². The molecule has 6 heteroatoms. The molecule has 6 nitrogen and oxygen atoms in total. The first-order valence-corrected chi connectivity index (χ1v) is 7.02. The van der Waals surface area contributed by atoms with Crippen molar-refractivity contribution in [1.82, 2.24) is 14.6 Å².